The number of nitrogens with one attached hydrogen (secondary N) is 1. The van der Waals surface area contributed by atoms with Crippen molar-refractivity contribution in [3.63, 3.8) is 0 Å². The van der Waals surface area contributed by atoms with Gasteiger partial charge in [0.2, 0.25) is 5.91 Å². The van der Waals surface area contributed by atoms with Crippen LogP contribution in [0.25, 0.3) is 10.9 Å². The summed E-state index contributed by atoms with van der Waals surface area (Å²) >= 11 is 0. The third kappa shape index (κ3) is 2.40. The number of nitrogens with two attached hydrogens (primary N) is 1. The Morgan fingerprint density at radius 1 is 1.38 bits per heavy atom. The van der Waals surface area contributed by atoms with Crippen molar-refractivity contribution < 1.29 is 4.79 Å². The molecular formula is C17H21N3O. The molecule has 0 bridgehead atoms. The van der Waals surface area contributed by atoms with Gasteiger partial charge < -0.3 is 11.1 Å². The van der Waals surface area contributed by atoms with E-state index in [2.05, 4.69) is 17.2 Å². The number of benzene rings is 1. The number of aryl methyl sites for hydroxylation is 1. The highest BCUT2D eigenvalue weighted by molar-refractivity contribution is 6.03. The number of nitrogens with zero attached hydrogens (tertiary/aromatic N) is 1. The summed E-state index contributed by atoms with van der Waals surface area (Å²) < 4.78 is 0. The first-order valence-corrected chi connectivity index (χ1v) is 7.42. The molecule has 1 heterocycles. The summed E-state index contributed by atoms with van der Waals surface area (Å²) in [6, 6.07) is 9.84. The van der Waals surface area contributed by atoms with Gasteiger partial charge in [0.15, 0.2) is 0 Å². The van der Waals surface area contributed by atoms with E-state index in [0.717, 1.165) is 35.1 Å². The second kappa shape index (κ2) is 5.11. The van der Waals surface area contributed by atoms with E-state index in [1.54, 1.807) is 0 Å². The predicted molar refractivity (Wildman–Crippen MR) is 85.0 cm³/mol. The molecule has 1 aliphatic carbocycles. The van der Waals surface area contributed by atoms with E-state index in [1.165, 1.54) is 0 Å². The Kier molecular flexibility index (Phi) is 3.41. The molecule has 0 saturated heterocycles. The van der Waals surface area contributed by atoms with Gasteiger partial charge in [0, 0.05) is 17.6 Å². The SMILES string of the molecule is Cc1ccc2cccc(NC(=O)C3(CN)CC(C)C3)c2n1. The number of aromatic nitrogens is 1. The molecule has 1 saturated carbocycles. The molecule has 1 aliphatic rings. The third-order valence-electron chi connectivity index (χ3n) is 4.46. The summed E-state index contributed by atoms with van der Waals surface area (Å²) in [6.45, 7) is 4.51. The van der Waals surface area contributed by atoms with Crippen LogP contribution in [-0.2, 0) is 4.79 Å². The number of carbonyl (C=O) groups is 1. The molecule has 4 nitrogen and oxygen atoms in total. The minimum Gasteiger partial charge on any atom is -0.329 e. The molecule has 110 valence electrons. The van der Waals surface area contributed by atoms with E-state index in [-0.39, 0.29) is 5.91 Å². The third-order valence-corrected chi connectivity index (χ3v) is 4.46. The number of hydrogen-bond acceptors (Lipinski definition) is 3. The number of pyridine rings is 1. The van der Waals surface area contributed by atoms with Crippen molar-refractivity contribution >= 4 is 22.5 Å². The fourth-order valence-electron chi connectivity index (χ4n) is 3.32. The fraction of sp³-hybridized carbons (Fsp3) is 0.412. The number of fused-ring (bicyclic) bond motifs is 1. The van der Waals surface area contributed by atoms with Gasteiger partial charge >= 0.3 is 0 Å². The molecule has 2 aromatic rings. The molecule has 1 aromatic heterocycles. The molecule has 3 N–H and O–H groups in total. The zero-order valence-electron chi connectivity index (χ0n) is 12.5. The minimum absolute atomic E-state index is 0.0268. The van der Waals surface area contributed by atoms with Gasteiger partial charge in [-0.25, -0.2) is 0 Å². The molecule has 1 amide bonds. The van der Waals surface area contributed by atoms with E-state index in [9.17, 15) is 4.79 Å². The van der Waals surface area contributed by atoms with Crippen LogP contribution in [0, 0.1) is 18.3 Å². The molecule has 4 heteroatoms. The van der Waals surface area contributed by atoms with Crippen molar-refractivity contribution in [3.05, 3.63) is 36.0 Å². The first-order chi connectivity index (χ1) is 10.0. The van der Waals surface area contributed by atoms with E-state index < -0.39 is 5.41 Å². The normalized spacial score (nSPS) is 24.6. The van der Waals surface area contributed by atoms with E-state index >= 15 is 0 Å². The van der Waals surface area contributed by atoms with Gasteiger partial charge in [0.05, 0.1) is 16.6 Å². The molecule has 0 spiro atoms. The molecule has 0 radical (unpaired) electrons. The van der Waals surface area contributed by atoms with Crippen LogP contribution in [0.15, 0.2) is 30.3 Å². The smallest absolute Gasteiger partial charge is 0.231 e. The second-order valence-electron chi connectivity index (χ2n) is 6.28. The lowest BCUT2D eigenvalue weighted by Crippen LogP contribution is -2.51. The Labute approximate surface area is 124 Å². The van der Waals surface area contributed by atoms with Crippen LogP contribution < -0.4 is 11.1 Å². The summed E-state index contributed by atoms with van der Waals surface area (Å²) in [5.41, 5.74) is 8.00. The molecule has 3 rings (SSSR count). The van der Waals surface area contributed by atoms with Crippen LogP contribution >= 0.6 is 0 Å². The number of rotatable bonds is 3. The van der Waals surface area contributed by atoms with E-state index in [0.29, 0.717) is 12.5 Å². The first kappa shape index (κ1) is 14.0. The summed E-state index contributed by atoms with van der Waals surface area (Å²) in [4.78, 5) is 17.2. The van der Waals surface area contributed by atoms with Gasteiger partial charge in [-0.1, -0.05) is 25.1 Å². The van der Waals surface area contributed by atoms with Crippen LogP contribution in [-0.4, -0.2) is 17.4 Å². The molecule has 0 aliphatic heterocycles. The lowest BCUT2D eigenvalue weighted by Gasteiger charge is -2.44. The average Bonchev–Trinajstić information content (AvgIpc) is 2.44. The fourth-order valence-corrected chi connectivity index (χ4v) is 3.32. The van der Waals surface area contributed by atoms with Gasteiger partial charge in [-0.05, 0) is 37.8 Å². The summed E-state index contributed by atoms with van der Waals surface area (Å²) in [6.07, 6.45) is 1.74. The van der Waals surface area contributed by atoms with Gasteiger partial charge in [-0.3, -0.25) is 9.78 Å². The van der Waals surface area contributed by atoms with Crippen LogP contribution in [0.1, 0.15) is 25.5 Å². The molecule has 1 fully saturated rings. The van der Waals surface area contributed by atoms with Gasteiger partial charge in [0.25, 0.3) is 0 Å². The standard InChI is InChI=1S/C17H21N3O/c1-11-8-17(9-11,10-18)16(21)20-14-5-3-4-13-7-6-12(2)19-15(13)14/h3-7,11H,8-10,18H2,1-2H3,(H,20,21). The maximum absolute atomic E-state index is 12.6. The van der Waals surface area contributed by atoms with Gasteiger partial charge in [0.1, 0.15) is 0 Å². The highest BCUT2D eigenvalue weighted by Gasteiger charge is 2.47. The van der Waals surface area contributed by atoms with E-state index in [4.69, 9.17) is 5.73 Å². The first-order valence-electron chi connectivity index (χ1n) is 7.42. The van der Waals surface area contributed by atoms with Crippen molar-refractivity contribution in [3.8, 4) is 0 Å². The van der Waals surface area contributed by atoms with Crippen LogP contribution in [0.5, 0.6) is 0 Å². The number of carbonyl (C=O) groups excluding carboxylic acids is 1. The zero-order valence-corrected chi connectivity index (χ0v) is 12.5. The molecular weight excluding hydrogens is 262 g/mol. The maximum Gasteiger partial charge on any atom is 0.231 e. The molecule has 21 heavy (non-hydrogen) atoms. The largest absolute Gasteiger partial charge is 0.329 e. The average molecular weight is 283 g/mol. The summed E-state index contributed by atoms with van der Waals surface area (Å²) in [5.74, 6) is 0.603. The number of para-hydroxylation sites is 1. The number of amides is 1. The number of hydrogen-bond donors (Lipinski definition) is 2. The van der Waals surface area contributed by atoms with E-state index in [1.807, 2.05) is 37.3 Å². The predicted octanol–water partition coefficient (Wildman–Crippen LogP) is 2.86. The van der Waals surface area contributed by atoms with Crippen molar-refractivity contribution in [2.75, 3.05) is 11.9 Å². The molecule has 0 unspecified atom stereocenters. The monoisotopic (exact) mass is 283 g/mol. The maximum atomic E-state index is 12.6. The van der Waals surface area contributed by atoms with Crippen molar-refractivity contribution in [2.24, 2.45) is 17.1 Å². The second-order valence-corrected chi connectivity index (χ2v) is 6.28. The summed E-state index contributed by atoms with van der Waals surface area (Å²) in [7, 11) is 0. The lowest BCUT2D eigenvalue weighted by molar-refractivity contribution is -0.132. The van der Waals surface area contributed by atoms with Crippen LogP contribution in [0.4, 0.5) is 5.69 Å². The minimum atomic E-state index is -0.397. The van der Waals surface area contributed by atoms with Crippen molar-refractivity contribution in [1.82, 2.24) is 4.98 Å². The summed E-state index contributed by atoms with van der Waals surface area (Å²) in [5, 5.41) is 4.07. The van der Waals surface area contributed by atoms with Gasteiger partial charge in [-0.2, -0.15) is 0 Å². The Bertz CT molecular complexity index is 689. The Morgan fingerprint density at radius 2 is 2.14 bits per heavy atom. The Hall–Kier alpha value is -1.94. The highest BCUT2D eigenvalue weighted by Crippen LogP contribution is 2.45. The number of anilines is 1. The van der Waals surface area contributed by atoms with Crippen LogP contribution in [0.3, 0.4) is 0 Å². The lowest BCUT2D eigenvalue weighted by atomic mass is 9.62. The Balaban J connectivity index is 1.91. The topological polar surface area (TPSA) is 68.0 Å². The molecule has 1 aromatic carbocycles. The van der Waals surface area contributed by atoms with Crippen molar-refractivity contribution in [2.45, 2.75) is 26.7 Å². The van der Waals surface area contributed by atoms with Gasteiger partial charge in [-0.15, -0.1) is 0 Å². The van der Waals surface area contributed by atoms with Crippen LogP contribution in [0.2, 0.25) is 0 Å². The zero-order chi connectivity index (χ0) is 15.0. The highest BCUT2D eigenvalue weighted by atomic mass is 16.2. The Morgan fingerprint density at radius 3 is 2.81 bits per heavy atom. The van der Waals surface area contributed by atoms with Crippen molar-refractivity contribution in [1.29, 1.82) is 0 Å². The quantitative estimate of drug-likeness (QED) is 0.910. The molecule has 0 atom stereocenters.